The van der Waals surface area contributed by atoms with Gasteiger partial charge in [-0.15, -0.1) is 0 Å². The number of carbonyl (C=O) groups excluding carboxylic acids is 2. The molecule has 2 amide bonds. The third-order valence-corrected chi connectivity index (χ3v) is 7.35. The molecule has 1 aliphatic rings. The quantitative estimate of drug-likeness (QED) is 0.273. The van der Waals surface area contributed by atoms with Gasteiger partial charge in [0.1, 0.15) is 5.75 Å². The lowest BCUT2D eigenvalue weighted by atomic mass is 10.1. The number of ether oxygens (including phenoxy) is 1. The Labute approximate surface area is 241 Å². The van der Waals surface area contributed by atoms with Gasteiger partial charge in [0, 0.05) is 50.5 Å². The summed E-state index contributed by atoms with van der Waals surface area (Å²) in [5.41, 5.74) is 5.24. The molecular weight excluding hydrogens is 512 g/mol. The first-order valence-electron chi connectivity index (χ1n) is 14.0. The van der Waals surface area contributed by atoms with Crippen LogP contribution in [0.3, 0.4) is 0 Å². The fraction of sp³-hybridized carbons (Fsp3) is 0.235. The maximum atomic E-state index is 13.5. The second kappa shape index (κ2) is 13.5. The van der Waals surface area contributed by atoms with Crippen LogP contribution in [-0.2, 0) is 17.8 Å². The Hall–Kier alpha value is -4.78. The lowest BCUT2D eigenvalue weighted by Gasteiger charge is -2.38. The van der Waals surface area contributed by atoms with Crippen LogP contribution in [-0.4, -0.2) is 45.1 Å². The minimum atomic E-state index is -0.170. The second-order valence-electron chi connectivity index (χ2n) is 10.1. The van der Waals surface area contributed by atoms with E-state index in [4.69, 9.17) is 4.74 Å². The highest BCUT2D eigenvalue weighted by atomic mass is 16.5. The first-order valence-corrected chi connectivity index (χ1v) is 14.0. The van der Waals surface area contributed by atoms with E-state index in [1.165, 1.54) is 0 Å². The Morgan fingerprint density at radius 3 is 2.02 bits per heavy atom. The molecule has 0 unspecified atom stereocenters. The van der Waals surface area contributed by atoms with Crippen LogP contribution in [0.25, 0.3) is 0 Å². The van der Waals surface area contributed by atoms with Crippen molar-refractivity contribution in [1.82, 2.24) is 5.32 Å². The molecule has 0 atom stereocenters. The van der Waals surface area contributed by atoms with Crippen LogP contribution in [0.1, 0.15) is 27.9 Å². The highest BCUT2D eigenvalue weighted by Crippen LogP contribution is 2.31. The maximum Gasteiger partial charge on any atom is 0.253 e. The average Bonchev–Trinajstić information content (AvgIpc) is 3.03. The molecule has 0 bridgehead atoms. The van der Waals surface area contributed by atoms with Gasteiger partial charge in [0.25, 0.3) is 5.91 Å². The number of nitrogens with one attached hydrogen (secondary N) is 2. The van der Waals surface area contributed by atoms with Crippen molar-refractivity contribution in [3.8, 4) is 5.75 Å². The number of rotatable bonds is 10. The fourth-order valence-electron chi connectivity index (χ4n) is 5.15. The molecule has 4 aromatic carbocycles. The summed E-state index contributed by atoms with van der Waals surface area (Å²) in [5.74, 6) is 0.605. The zero-order chi connectivity index (χ0) is 28.4. The average molecular weight is 549 g/mol. The third kappa shape index (κ3) is 7.25. The van der Waals surface area contributed by atoms with Crippen molar-refractivity contribution in [2.45, 2.75) is 19.4 Å². The summed E-state index contributed by atoms with van der Waals surface area (Å²) in [6, 6.07) is 33.5. The number of hydrogen-bond donors (Lipinski definition) is 2. The standard InChI is InChI=1S/C34H36N4O3/c1-41-32-15-9-8-14-31(32)38-22-20-37(21-23-38)30-18-17-28(36-33(39)19-16-26-10-4-2-5-11-26)24-29(30)34(40)35-25-27-12-6-3-7-13-27/h2-15,17-18,24H,16,19-23,25H2,1H3,(H,35,40)(H,36,39). The summed E-state index contributed by atoms with van der Waals surface area (Å²) in [6.45, 7) is 3.51. The van der Waals surface area contributed by atoms with Crippen molar-refractivity contribution in [3.05, 3.63) is 120 Å². The first-order chi connectivity index (χ1) is 20.1. The van der Waals surface area contributed by atoms with Gasteiger partial charge >= 0.3 is 0 Å². The van der Waals surface area contributed by atoms with Crippen molar-refractivity contribution in [2.75, 3.05) is 48.4 Å². The molecular formula is C34H36N4O3. The Morgan fingerprint density at radius 1 is 0.732 bits per heavy atom. The second-order valence-corrected chi connectivity index (χ2v) is 10.1. The summed E-state index contributed by atoms with van der Waals surface area (Å²) in [5, 5.41) is 6.06. The lowest BCUT2D eigenvalue weighted by Crippen LogP contribution is -2.47. The maximum absolute atomic E-state index is 13.5. The van der Waals surface area contributed by atoms with Crippen LogP contribution in [0.15, 0.2) is 103 Å². The van der Waals surface area contributed by atoms with E-state index in [0.29, 0.717) is 30.6 Å². The molecule has 7 nitrogen and oxygen atoms in total. The largest absolute Gasteiger partial charge is 0.495 e. The first kappa shape index (κ1) is 27.8. The van der Waals surface area contributed by atoms with Gasteiger partial charge < -0.3 is 25.2 Å². The van der Waals surface area contributed by atoms with Crippen LogP contribution in [0.4, 0.5) is 17.1 Å². The molecule has 41 heavy (non-hydrogen) atoms. The molecule has 0 spiro atoms. The van der Waals surface area contributed by atoms with E-state index in [1.807, 2.05) is 91.0 Å². The summed E-state index contributed by atoms with van der Waals surface area (Å²) >= 11 is 0. The van der Waals surface area contributed by atoms with Gasteiger partial charge in [0.15, 0.2) is 0 Å². The highest BCUT2D eigenvalue weighted by Gasteiger charge is 2.24. The molecule has 1 fully saturated rings. The van der Waals surface area contributed by atoms with E-state index >= 15 is 0 Å². The van der Waals surface area contributed by atoms with Crippen LogP contribution in [0.5, 0.6) is 5.75 Å². The van der Waals surface area contributed by atoms with Crippen molar-refractivity contribution in [1.29, 1.82) is 0 Å². The molecule has 1 aliphatic heterocycles. The minimum Gasteiger partial charge on any atom is -0.495 e. The molecule has 0 aliphatic carbocycles. The van der Waals surface area contributed by atoms with Gasteiger partial charge in [-0.1, -0.05) is 72.8 Å². The zero-order valence-electron chi connectivity index (χ0n) is 23.4. The number of para-hydroxylation sites is 2. The predicted octanol–water partition coefficient (Wildman–Crippen LogP) is 5.52. The van der Waals surface area contributed by atoms with Crippen LogP contribution < -0.4 is 25.2 Å². The van der Waals surface area contributed by atoms with Crippen molar-refractivity contribution in [2.24, 2.45) is 0 Å². The van der Waals surface area contributed by atoms with Gasteiger partial charge in [0.2, 0.25) is 5.91 Å². The Balaban J connectivity index is 1.31. The van der Waals surface area contributed by atoms with Gasteiger partial charge in [0.05, 0.1) is 18.4 Å². The Bertz CT molecular complexity index is 1450. The molecule has 7 heteroatoms. The third-order valence-electron chi connectivity index (χ3n) is 7.35. The predicted molar refractivity (Wildman–Crippen MR) is 165 cm³/mol. The van der Waals surface area contributed by atoms with E-state index in [0.717, 1.165) is 54.4 Å². The SMILES string of the molecule is COc1ccccc1N1CCN(c2ccc(NC(=O)CCc3ccccc3)cc2C(=O)NCc2ccccc2)CC1. The van der Waals surface area contributed by atoms with Gasteiger partial charge in [-0.3, -0.25) is 9.59 Å². The number of anilines is 3. The summed E-state index contributed by atoms with van der Waals surface area (Å²) < 4.78 is 5.57. The molecule has 1 heterocycles. The van der Waals surface area contributed by atoms with Crippen molar-refractivity contribution >= 4 is 28.9 Å². The number of amides is 2. The van der Waals surface area contributed by atoms with Crippen LogP contribution in [0, 0.1) is 0 Å². The van der Waals surface area contributed by atoms with E-state index in [9.17, 15) is 9.59 Å². The summed E-state index contributed by atoms with van der Waals surface area (Å²) in [6.07, 6.45) is 1.03. The number of aryl methyl sites for hydroxylation is 1. The summed E-state index contributed by atoms with van der Waals surface area (Å²) in [7, 11) is 1.69. The Kier molecular flexibility index (Phi) is 9.16. The zero-order valence-corrected chi connectivity index (χ0v) is 23.4. The number of methoxy groups -OCH3 is 1. The van der Waals surface area contributed by atoms with Gasteiger partial charge in [-0.2, -0.15) is 0 Å². The summed E-state index contributed by atoms with van der Waals surface area (Å²) in [4.78, 5) is 30.8. The Morgan fingerprint density at radius 2 is 1.34 bits per heavy atom. The molecule has 1 saturated heterocycles. The monoisotopic (exact) mass is 548 g/mol. The van der Waals surface area contributed by atoms with Crippen LogP contribution >= 0.6 is 0 Å². The number of carbonyl (C=O) groups is 2. The lowest BCUT2D eigenvalue weighted by molar-refractivity contribution is -0.116. The van der Waals surface area contributed by atoms with E-state index < -0.39 is 0 Å². The molecule has 0 aromatic heterocycles. The molecule has 0 saturated carbocycles. The van der Waals surface area contributed by atoms with Crippen molar-refractivity contribution < 1.29 is 14.3 Å². The number of nitrogens with zero attached hydrogens (tertiary/aromatic N) is 2. The topological polar surface area (TPSA) is 73.9 Å². The van der Waals surface area contributed by atoms with E-state index in [-0.39, 0.29) is 11.8 Å². The molecule has 5 rings (SSSR count). The smallest absolute Gasteiger partial charge is 0.253 e. The molecule has 210 valence electrons. The van der Waals surface area contributed by atoms with E-state index in [2.05, 4.69) is 26.5 Å². The number of benzene rings is 4. The van der Waals surface area contributed by atoms with Crippen LogP contribution in [0.2, 0.25) is 0 Å². The molecule has 2 N–H and O–H groups in total. The van der Waals surface area contributed by atoms with Gasteiger partial charge in [-0.25, -0.2) is 0 Å². The van der Waals surface area contributed by atoms with E-state index in [1.54, 1.807) is 13.2 Å². The minimum absolute atomic E-state index is 0.0809. The normalized spacial score (nSPS) is 13.0. The van der Waals surface area contributed by atoms with Gasteiger partial charge in [-0.05, 0) is 47.9 Å². The number of hydrogen-bond acceptors (Lipinski definition) is 5. The fourth-order valence-corrected chi connectivity index (χ4v) is 5.15. The number of piperazine rings is 1. The highest BCUT2D eigenvalue weighted by molar-refractivity contribution is 6.02. The molecule has 4 aromatic rings. The van der Waals surface area contributed by atoms with Crippen molar-refractivity contribution in [3.63, 3.8) is 0 Å². The molecule has 0 radical (unpaired) electrons.